The van der Waals surface area contributed by atoms with Crippen LogP contribution in [0.15, 0.2) is 24.3 Å². The highest BCUT2D eigenvalue weighted by Gasteiger charge is 2.15. The number of carbonyl (C=O) groups is 1. The summed E-state index contributed by atoms with van der Waals surface area (Å²) in [4.78, 5) is 11.0. The predicted molar refractivity (Wildman–Crippen MR) is 62.8 cm³/mol. The molecule has 1 aromatic rings. The Morgan fingerprint density at radius 2 is 2.31 bits per heavy atom. The van der Waals surface area contributed by atoms with Crippen molar-refractivity contribution in [3.05, 3.63) is 35.4 Å². The van der Waals surface area contributed by atoms with Gasteiger partial charge in [-0.15, -0.1) is 11.8 Å². The van der Waals surface area contributed by atoms with E-state index in [-0.39, 0.29) is 5.50 Å². The number of rotatable bonds is 4. The third-order valence-corrected chi connectivity index (χ3v) is 3.36. The first-order chi connectivity index (χ1) is 7.77. The van der Waals surface area contributed by atoms with Crippen molar-refractivity contribution < 1.29 is 9.90 Å². The van der Waals surface area contributed by atoms with Crippen LogP contribution >= 0.6 is 11.8 Å². The van der Waals surface area contributed by atoms with Crippen molar-refractivity contribution in [3.63, 3.8) is 0 Å². The highest BCUT2D eigenvalue weighted by Crippen LogP contribution is 2.18. The number of hydrogen-bond donors (Lipinski definition) is 4. The van der Waals surface area contributed by atoms with Crippen molar-refractivity contribution in [1.82, 2.24) is 16.2 Å². The van der Waals surface area contributed by atoms with Gasteiger partial charge < -0.3 is 5.11 Å². The molecule has 1 saturated heterocycles. The molecule has 0 bridgehead atoms. The molecule has 1 unspecified atom stereocenters. The van der Waals surface area contributed by atoms with Crippen LogP contribution in [-0.2, 0) is 5.75 Å². The summed E-state index contributed by atoms with van der Waals surface area (Å²) in [5.74, 6) is -0.212. The Hall–Kier alpha value is -1.08. The topological polar surface area (TPSA) is 73.4 Å². The molecule has 86 valence electrons. The van der Waals surface area contributed by atoms with Gasteiger partial charge in [-0.3, -0.25) is 5.32 Å². The Morgan fingerprint density at radius 3 is 3.00 bits per heavy atom. The zero-order valence-corrected chi connectivity index (χ0v) is 9.38. The summed E-state index contributed by atoms with van der Waals surface area (Å²) in [6.07, 6.45) is 0. The maximum atomic E-state index is 11.0. The van der Waals surface area contributed by atoms with Crippen molar-refractivity contribution in [2.24, 2.45) is 0 Å². The molecule has 0 saturated carbocycles. The van der Waals surface area contributed by atoms with Gasteiger partial charge in [0, 0.05) is 5.75 Å². The van der Waals surface area contributed by atoms with Crippen molar-refractivity contribution in [3.8, 4) is 0 Å². The summed E-state index contributed by atoms with van der Waals surface area (Å²) in [5, 5.41) is 12.2. The van der Waals surface area contributed by atoms with Gasteiger partial charge in [0.05, 0.1) is 12.2 Å². The molecule has 1 aliphatic heterocycles. The zero-order valence-electron chi connectivity index (χ0n) is 8.56. The van der Waals surface area contributed by atoms with Gasteiger partial charge in [-0.1, -0.05) is 18.2 Å². The minimum Gasteiger partial charge on any atom is -0.478 e. The number of hydrogen-bond acceptors (Lipinski definition) is 5. The van der Waals surface area contributed by atoms with Gasteiger partial charge in [0.15, 0.2) is 0 Å². The van der Waals surface area contributed by atoms with E-state index >= 15 is 0 Å². The Bertz CT molecular complexity index is 380. The fourth-order valence-electron chi connectivity index (χ4n) is 1.47. The number of aromatic carboxylic acids is 1. The number of hydrazine groups is 1. The normalized spacial score (nSPS) is 19.9. The molecule has 0 spiro atoms. The van der Waals surface area contributed by atoms with E-state index in [1.54, 1.807) is 23.9 Å². The van der Waals surface area contributed by atoms with Crippen molar-refractivity contribution in [2.45, 2.75) is 11.3 Å². The van der Waals surface area contributed by atoms with Crippen LogP contribution in [0.1, 0.15) is 15.9 Å². The molecule has 0 aliphatic carbocycles. The summed E-state index contributed by atoms with van der Waals surface area (Å²) in [6, 6.07) is 7.08. The largest absolute Gasteiger partial charge is 0.478 e. The first-order valence-corrected chi connectivity index (χ1v) is 5.97. The summed E-state index contributed by atoms with van der Waals surface area (Å²) >= 11 is 1.62. The molecule has 0 amide bonds. The number of thioether (sulfide) groups is 1. The molecule has 0 aromatic heterocycles. The average Bonchev–Trinajstić information content (AvgIpc) is 2.79. The molecule has 5 nitrogen and oxygen atoms in total. The predicted octanol–water partition coefficient (Wildman–Crippen LogP) is 0.556. The molecule has 1 fully saturated rings. The second kappa shape index (κ2) is 5.31. The lowest BCUT2D eigenvalue weighted by Gasteiger charge is -2.10. The molecule has 1 atom stereocenters. The van der Waals surface area contributed by atoms with Gasteiger partial charge in [-0.05, 0) is 11.6 Å². The summed E-state index contributed by atoms with van der Waals surface area (Å²) in [7, 11) is 0. The zero-order chi connectivity index (χ0) is 11.4. The van der Waals surface area contributed by atoms with E-state index in [9.17, 15) is 4.79 Å². The maximum Gasteiger partial charge on any atom is 0.335 e. The molecule has 6 heteroatoms. The molecule has 0 radical (unpaired) electrons. The van der Waals surface area contributed by atoms with Gasteiger partial charge >= 0.3 is 5.97 Å². The Morgan fingerprint density at radius 1 is 1.50 bits per heavy atom. The minimum absolute atomic E-state index is 0.127. The average molecular weight is 239 g/mol. The van der Waals surface area contributed by atoms with Crippen LogP contribution in [0.4, 0.5) is 0 Å². The van der Waals surface area contributed by atoms with Crippen molar-refractivity contribution in [1.29, 1.82) is 0 Å². The first-order valence-electron chi connectivity index (χ1n) is 4.92. The molecule has 2 rings (SSSR count). The highest BCUT2D eigenvalue weighted by molar-refractivity contribution is 7.99. The number of carboxylic acid groups (broad SMARTS) is 1. The molecule has 4 N–H and O–H groups in total. The third-order valence-electron chi connectivity index (χ3n) is 2.26. The highest BCUT2D eigenvalue weighted by atomic mass is 32.2. The van der Waals surface area contributed by atoms with E-state index in [0.717, 1.165) is 12.2 Å². The van der Waals surface area contributed by atoms with E-state index in [1.165, 1.54) is 0 Å². The lowest BCUT2D eigenvalue weighted by Crippen LogP contribution is -2.30. The van der Waals surface area contributed by atoms with E-state index in [4.69, 9.17) is 5.11 Å². The van der Waals surface area contributed by atoms with Crippen LogP contribution in [0.25, 0.3) is 0 Å². The van der Waals surface area contributed by atoms with Crippen LogP contribution in [0.2, 0.25) is 0 Å². The standard InChI is InChI=1S/C10H13N3O2S/c14-9(15)8-4-2-1-3-7(8)5-16-10-11-6-12-13-10/h1-4,10-13H,5-6H2,(H,14,15). The van der Waals surface area contributed by atoms with Gasteiger partial charge in [-0.2, -0.15) is 0 Å². The molecule has 1 aliphatic rings. The second-order valence-electron chi connectivity index (χ2n) is 3.36. The van der Waals surface area contributed by atoms with Gasteiger partial charge in [0.2, 0.25) is 0 Å². The first kappa shape index (κ1) is 11.4. The van der Waals surface area contributed by atoms with Gasteiger partial charge in [0.25, 0.3) is 0 Å². The monoisotopic (exact) mass is 239 g/mol. The number of nitrogens with one attached hydrogen (secondary N) is 3. The quantitative estimate of drug-likeness (QED) is 0.615. The summed E-state index contributed by atoms with van der Waals surface area (Å²) in [6.45, 7) is 0.720. The summed E-state index contributed by atoms with van der Waals surface area (Å²) in [5.41, 5.74) is 7.32. The molecule has 16 heavy (non-hydrogen) atoms. The molecular formula is C10H13N3O2S. The van der Waals surface area contributed by atoms with Crippen molar-refractivity contribution >= 4 is 17.7 Å². The van der Waals surface area contributed by atoms with Crippen LogP contribution in [0.3, 0.4) is 0 Å². The Labute approximate surface area is 97.6 Å². The molecular weight excluding hydrogens is 226 g/mol. The lowest BCUT2D eigenvalue weighted by atomic mass is 10.1. The van der Waals surface area contributed by atoms with E-state index in [0.29, 0.717) is 11.3 Å². The van der Waals surface area contributed by atoms with Gasteiger partial charge in [0.1, 0.15) is 5.50 Å². The third kappa shape index (κ3) is 2.73. The van der Waals surface area contributed by atoms with E-state index < -0.39 is 5.97 Å². The Kier molecular flexibility index (Phi) is 3.79. The van der Waals surface area contributed by atoms with Crippen LogP contribution in [0, 0.1) is 0 Å². The van der Waals surface area contributed by atoms with E-state index in [1.807, 2.05) is 12.1 Å². The maximum absolute atomic E-state index is 11.0. The minimum atomic E-state index is -0.873. The Balaban J connectivity index is 2.00. The van der Waals surface area contributed by atoms with Crippen LogP contribution < -0.4 is 16.2 Å². The smallest absolute Gasteiger partial charge is 0.335 e. The fraction of sp³-hybridized carbons (Fsp3) is 0.300. The molecule has 1 aromatic carbocycles. The summed E-state index contributed by atoms with van der Waals surface area (Å²) < 4.78 is 0. The molecule has 1 heterocycles. The number of carboxylic acids is 1. The van der Waals surface area contributed by atoms with Crippen molar-refractivity contribution in [2.75, 3.05) is 6.67 Å². The van der Waals surface area contributed by atoms with Crippen LogP contribution in [-0.4, -0.2) is 23.2 Å². The fourth-order valence-corrected chi connectivity index (χ4v) is 2.43. The SMILES string of the molecule is O=C(O)c1ccccc1CSC1NCNN1. The van der Waals surface area contributed by atoms with E-state index in [2.05, 4.69) is 16.2 Å². The second-order valence-corrected chi connectivity index (χ2v) is 4.45. The number of benzene rings is 1. The van der Waals surface area contributed by atoms with Gasteiger partial charge in [-0.25, -0.2) is 15.6 Å². The lowest BCUT2D eigenvalue weighted by molar-refractivity contribution is 0.0696. The van der Waals surface area contributed by atoms with Crippen LogP contribution in [0.5, 0.6) is 0 Å².